The van der Waals surface area contributed by atoms with E-state index in [0.29, 0.717) is 6.42 Å². The van der Waals surface area contributed by atoms with Crippen LogP contribution in [0.3, 0.4) is 0 Å². The molecule has 0 saturated heterocycles. The van der Waals surface area contributed by atoms with Crippen LogP contribution in [-0.2, 0) is 6.42 Å². The molecule has 0 aliphatic carbocycles. The number of aliphatic hydroxyl groups is 1. The topological polar surface area (TPSA) is 66.5 Å². The molecule has 0 fully saturated rings. The van der Waals surface area contributed by atoms with Crippen LogP contribution in [0.5, 0.6) is 5.75 Å². The largest absolute Gasteiger partial charge is 0.508 e. The third kappa shape index (κ3) is 2.99. The van der Waals surface area contributed by atoms with Crippen LogP contribution in [0.4, 0.5) is 0 Å². The molecule has 1 unspecified atom stereocenters. The molecule has 0 amide bonds. The number of phenolic OH excluding ortho intramolecular Hbond substituents is 1. The Morgan fingerprint density at radius 1 is 1.46 bits per heavy atom. The van der Waals surface area contributed by atoms with Crippen molar-refractivity contribution in [2.24, 2.45) is 5.73 Å². The molecule has 0 aliphatic rings. The Bertz CT molecular complexity index is 291. The van der Waals surface area contributed by atoms with Crippen LogP contribution in [0.1, 0.15) is 5.56 Å². The molecule has 0 aliphatic heterocycles. The molecular weight excluding hydrogens is 234 g/mol. The zero-order valence-electron chi connectivity index (χ0n) is 7.07. The number of hydrogen-bond acceptors (Lipinski definition) is 3. The second-order valence-electron chi connectivity index (χ2n) is 2.92. The predicted octanol–water partition coefficient (Wildman–Crippen LogP) is 1.02. The molecule has 4 N–H and O–H groups in total. The molecule has 4 heteroatoms. The number of rotatable bonds is 3. The van der Waals surface area contributed by atoms with Gasteiger partial charge in [0.15, 0.2) is 0 Å². The third-order valence-electron chi connectivity index (χ3n) is 1.76. The second kappa shape index (κ2) is 4.60. The van der Waals surface area contributed by atoms with Crippen molar-refractivity contribution in [3.63, 3.8) is 0 Å². The van der Waals surface area contributed by atoms with Crippen LogP contribution in [0, 0.1) is 0 Å². The highest BCUT2D eigenvalue weighted by Crippen LogP contribution is 2.22. The SMILES string of the molecule is NC(CO)Cc1ccc(Br)cc1O. The fourth-order valence-electron chi connectivity index (χ4n) is 1.06. The van der Waals surface area contributed by atoms with Gasteiger partial charge in [-0.1, -0.05) is 22.0 Å². The Morgan fingerprint density at radius 3 is 2.69 bits per heavy atom. The van der Waals surface area contributed by atoms with Gasteiger partial charge in [0.1, 0.15) is 5.75 Å². The Hall–Kier alpha value is -0.580. The predicted molar refractivity (Wildman–Crippen MR) is 54.6 cm³/mol. The minimum atomic E-state index is -0.313. The molecule has 0 aromatic heterocycles. The van der Waals surface area contributed by atoms with Gasteiger partial charge in [-0.3, -0.25) is 0 Å². The van der Waals surface area contributed by atoms with Crippen LogP contribution < -0.4 is 5.73 Å². The van der Waals surface area contributed by atoms with E-state index in [4.69, 9.17) is 10.8 Å². The van der Waals surface area contributed by atoms with Crippen molar-refractivity contribution >= 4 is 15.9 Å². The number of aliphatic hydroxyl groups excluding tert-OH is 1. The van der Waals surface area contributed by atoms with Gasteiger partial charge in [-0.2, -0.15) is 0 Å². The summed E-state index contributed by atoms with van der Waals surface area (Å²) in [4.78, 5) is 0. The lowest BCUT2D eigenvalue weighted by molar-refractivity contribution is 0.264. The molecule has 3 nitrogen and oxygen atoms in total. The first-order valence-corrected chi connectivity index (χ1v) is 4.76. The van der Waals surface area contributed by atoms with E-state index in [-0.39, 0.29) is 18.4 Å². The van der Waals surface area contributed by atoms with Gasteiger partial charge < -0.3 is 15.9 Å². The maximum atomic E-state index is 9.47. The summed E-state index contributed by atoms with van der Waals surface area (Å²) in [6.45, 7) is -0.0739. The average Bonchev–Trinajstić information content (AvgIpc) is 2.09. The zero-order valence-corrected chi connectivity index (χ0v) is 8.66. The van der Waals surface area contributed by atoms with Crippen molar-refractivity contribution in [3.05, 3.63) is 28.2 Å². The molecule has 1 aromatic rings. The second-order valence-corrected chi connectivity index (χ2v) is 3.84. The van der Waals surface area contributed by atoms with Crippen LogP contribution in [-0.4, -0.2) is 22.9 Å². The van der Waals surface area contributed by atoms with Crippen molar-refractivity contribution in [3.8, 4) is 5.75 Å². The molecule has 1 aromatic carbocycles. The molecule has 0 spiro atoms. The highest BCUT2D eigenvalue weighted by molar-refractivity contribution is 9.10. The van der Waals surface area contributed by atoms with Gasteiger partial charge in [-0.15, -0.1) is 0 Å². The van der Waals surface area contributed by atoms with Gasteiger partial charge >= 0.3 is 0 Å². The molecule has 0 heterocycles. The number of halogens is 1. The number of aromatic hydroxyl groups is 1. The van der Waals surface area contributed by atoms with Crippen molar-refractivity contribution in [2.75, 3.05) is 6.61 Å². The van der Waals surface area contributed by atoms with Crippen molar-refractivity contribution < 1.29 is 10.2 Å². The van der Waals surface area contributed by atoms with Gasteiger partial charge in [0.2, 0.25) is 0 Å². The zero-order chi connectivity index (χ0) is 9.84. The van der Waals surface area contributed by atoms with Gasteiger partial charge in [-0.05, 0) is 24.1 Å². The number of nitrogens with two attached hydrogens (primary N) is 1. The molecule has 13 heavy (non-hydrogen) atoms. The van der Waals surface area contributed by atoms with E-state index in [0.717, 1.165) is 10.0 Å². The standard InChI is InChI=1S/C9H12BrNO2/c10-7-2-1-6(9(13)4-7)3-8(11)5-12/h1-2,4,8,12-13H,3,5,11H2. The lowest BCUT2D eigenvalue weighted by Crippen LogP contribution is -2.26. The van der Waals surface area contributed by atoms with Crippen LogP contribution in [0.25, 0.3) is 0 Å². The Morgan fingerprint density at radius 2 is 2.15 bits per heavy atom. The monoisotopic (exact) mass is 245 g/mol. The highest BCUT2D eigenvalue weighted by Gasteiger charge is 2.06. The van der Waals surface area contributed by atoms with E-state index in [2.05, 4.69) is 15.9 Å². The van der Waals surface area contributed by atoms with Crippen LogP contribution in [0.2, 0.25) is 0 Å². The van der Waals surface area contributed by atoms with E-state index in [1.807, 2.05) is 6.07 Å². The summed E-state index contributed by atoms with van der Waals surface area (Å²) in [5.74, 6) is 0.207. The average molecular weight is 246 g/mol. The van der Waals surface area contributed by atoms with E-state index < -0.39 is 0 Å². The maximum Gasteiger partial charge on any atom is 0.119 e. The normalized spacial score (nSPS) is 12.8. The van der Waals surface area contributed by atoms with Gasteiger partial charge in [-0.25, -0.2) is 0 Å². The third-order valence-corrected chi connectivity index (χ3v) is 2.26. The molecular formula is C9H12BrNO2. The highest BCUT2D eigenvalue weighted by atomic mass is 79.9. The first-order valence-electron chi connectivity index (χ1n) is 3.97. The van der Waals surface area contributed by atoms with Crippen LogP contribution in [0.15, 0.2) is 22.7 Å². The lowest BCUT2D eigenvalue weighted by atomic mass is 10.1. The van der Waals surface area contributed by atoms with Crippen molar-refractivity contribution in [1.82, 2.24) is 0 Å². The summed E-state index contributed by atoms with van der Waals surface area (Å²) in [6, 6.07) is 4.92. The molecule has 0 radical (unpaired) electrons. The first-order chi connectivity index (χ1) is 6.13. The van der Waals surface area contributed by atoms with E-state index in [1.165, 1.54) is 0 Å². The summed E-state index contributed by atoms with van der Waals surface area (Å²) in [7, 11) is 0. The fraction of sp³-hybridized carbons (Fsp3) is 0.333. The summed E-state index contributed by atoms with van der Waals surface area (Å²) in [6.07, 6.45) is 0.482. The number of hydrogen-bond donors (Lipinski definition) is 3. The van der Waals surface area contributed by atoms with Gasteiger partial charge in [0.05, 0.1) is 6.61 Å². The molecule has 1 atom stereocenters. The van der Waals surface area contributed by atoms with Gasteiger partial charge in [0.25, 0.3) is 0 Å². The lowest BCUT2D eigenvalue weighted by Gasteiger charge is -2.09. The minimum absolute atomic E-state index is 0.0739. The van der Waals surface area contributed by atoms with E-state index >= 15 is 0 Å². The van der Waals surface area contributed by atoms with Crippen molar-refractivity contribution in [1.29, 1.82) is 0 Å². The van der Waals surface area contributed by atoms with E-state index in [9.17, 15) is 5.11 Å². The Labute approximate surface area is 85.3 Å². The molecule has 72 valence electrons. The fourth-order valence-corrected chi connectivity index (χ4v) is 1.41. The Kier molecular flexibility index (Phi) is 3.71. The minimum Gasteiger partial charge on any atom is -0.508 e. The Balaban J connectivity index is 2.77. The number of phenols is 1. The van der Waals surface area contributed by atoms with Gasteiger partial charge in [0, 0.05) is 10.5 Å². The molecule has 1 rings (SSSR count). The summed E-state index contributed by atoms with van der Waals surface area (Å²) < 4.78 is 0.825. The number of benzene rings is 1. The van der Waals surface area contributed by atoms with Crippen LogP contribution >= 0.6 is 15.9 Å². The first kappa shape index (κ1) is 10.5. The van der Waals surface area contributed by atoms with E-state index in [1.54, 1.807) is 12.1 Å². The summed E-state index contributed by atoms with van der Waals surface area (Å²) in [5.41, 5.74) is 6.29. The quantitative estimate of drug-likeness (QED) is 0.745. The van der Waals surface area contributed by atoms with Crippen molar-refractivity contribution in [2.45, 2.75) is 12.5 Å². The summed E-state index contributed by atoms with van der Waals surface area (Å²) in [5, 5.41) is 18.2. The molecule has 0 saturated carbocycles. The molecule has 0 bridgehead atoms. The smallest absolute Gasteiger partial charge is 0.119 e. The maximum absolute atomic E-state index is 9.47. The summed E-state index contributed by atoms with van der Waals surface area (Å²) >= 11 is 3.24.